The van der Waals surface area contributed by atoms with Crippen LogP contribution in [0.4, 0.5) is 0 Å². The topological polar surface area (TPSA) is 24.5 Å². The number of hydrogen-bond donors (Lipinski definition) is 1. The van der Waals surface area contributed by atoms with E-state index in [-0.39, 0.29) is 0 Å². The zero-order valence-electron chi connectivity index (χ0n) is 13.3. The van der Waals surface area contributed by atoms with Crippen LogP contribution in [-0.2, 0) is 6.42 Å². The maximum Gasteiger partial charge on any atom is 0.119 e. The highest BCUT2D eigenvalue weighted by Gasteiger charge is 2.31. The molecule has 2 atom stereocenters. The monoisotopic (exact) mass is 276 g/mol. The van der Waals surface area contributed by atoms with Crippen LogP contribution in [0.5, 0.6) is 5.75 Å². The van der Waals surface area contributed by atoms with Gasteiger partial charge in [-0.15, -0.1) is 0 Å². The number of rotatable bonds is 6. The molecule has 20 heavy (non-hydrogen) atoms. The van der Waals surface area contributed by atoms with E-state index >= 15 is 0 Å². The van der Waals surface area contributed by atoms with Gasteiger partial charge < -0.3 is 10.1 Å². The lowest BCUT2D eigenvalue weighted by atomic mass is 9.83. The molecule has 1 aliphatic carbocycles. The molecule has 0 amide bonds. The number of nitrogens with one attached hydrogen (secondary N) is 1. The van der Waals surface area contributed by atoms with Crippen molar-refractivity contribution in [2.45, 2.75) is 45.2 Å². The van der Waals surface area contributed by atoms with Gasteiger partial charge in [0.25, 0.3) is 0 Å². The molecule has 112 valence electrons. The number of ether oxygens (including phenoxy) is 1. The highest BCUT2D eigenvalue weighted by Crippen LogP contribution is 2.35. The van der Waals surface area contributed by atoms with Crippen molar-refractivity contribution in [2.75, 3.05) is 27.2 Å². The van der Waals surface area contributed by atoms with Crippen molar-refractivity contribution in [3.63, 3.8) is 0 Å². The van der Waals surface area contributed by atoms with Crippen LogP contribution in [-0.4, -0.2) is 38.2 Å². The zero-order chi connectivity index (χ0) is 14.5. The smallest absolute Gasteiger partial charge is 0.119 e. The second-order valence-electron chi connectivity index (χ2n) is 5.57. The second-order valence-corrected chi connectivity index (χ2v) is 5.57. The molecule has 1 N–H and O–H groups in total. The van der Waals surface area contributed by atoms with Crippen molar-refractivity contribution >= 4 is 0 Å². The first-order valence-corrected chi connectivity index (χ1v) is 7.83. The number of hydrogen-bond acceptors (Lipinski definition) is 3. The van der Waals surface area contributed by atoms with Gasteiger partial charge in [-0.25, -0.2) is 0 Å². The van der Waals surface area contributed by atoms with E-state index < -0.39 is 0 Å². The molecule has 3 heteroatoms. The molecule has 0 aliphatic heterocycles. The van der Waals surface area contributed by atoms with Gasteiger partial charge in [0.1, 0.15) is 5.75 Å². The summed E-state index contributed by atoms with van der Waals surface area (Å²) in [7, 11) is 3.82. The fourth-order valence-corrected chi connectivity index (χ4v) is 3.48. The third kappa shape index (κ3) is 2.99. The van der Waals surface area contributed by atoms with Gasteiger partial charge in [0.2, 0.25) is 0 Å². The molecule has 0 aromatic heterocycles. The first-order chi connectivity index (χ1) is 9.74. The molecule has 2 unspecified atom stereocenters. The Bertz CT molecular complexity index is 433. The molecular weight excluding hydrogens is 248 g/mol. The van der Waals surface area contributed by atoms with Gasteiger partial charge in [0.15, 0.2) is 0 Å². The maximum atomic E-state index is 5.40. The van der Waals surface area contributed by atoms with E-state index in [1.54, 1.807) is 7.11 Å². The first kappa shape index (κ1) is 15.3. The van der Waals surface area contributed by atoms with Crippen LogP contribution >= 0.6 is 0 Å². The minimum Gasteiger partial charge on any atom is -0.497 e. The summed E-state index contributed by atoms with van der Waals surface area (Å²) in [6.45, 7) is 6.83. The van der Waals surface area contributed by atoms with Gasteiger partial charge in [-0.3, -0.25) is 4.90 Å². The van der Waals surface area contributed by atoms with Crippen LogP contribution in [0, 0.1) is 0 Å². The van der Waals surface area contributed by atoms with E-state index in [4.69, 9.17) is 4.74 Å². The predicted molar refractivity (Wildman–Crippen MR) is 84.4 cm³/mol. The number of nitrogens with zero attached hydrogens (tertiary/aromatic N) is 1. The SMILES string of the molecule is CCCN(CC)C1CCc2ccc(OC)cc2C1NC. The Labute approximate surface area is 123 Å². The molecule has 0 saturated heterocycles. The highest BCUT2D eigenvalue weighted by atomic mass is 16.5. The minimum atomic E-state index is 0.403. The van der Waals surface area contributed by atoms with Gasteiger partial charge in [-0.05, 0) is 62.7 Å². The second kappa shape index (κ2) is 7.09. The average molecular weight is 276 g/mol. The van der Waals surface area contributed by atoms with Crippen molar-refractivity contribution in [2.24, 2.45) is 0 Å². The van der Waals surface area contributed by atoms with Crippen molar-refractivity contribution in [1.29, 1.82) is 0 Å². The molecular formula is C17H28N2O. The summed E-state index contributed by atoms with van der Waals surface area (Å²) >= 11 is 0. The van der Waals surface area contributed by atoms with E-state index in [0.29, 0.717) is 12.1 Å². The molecule has 2 rings (SSSR count). The summed E-state index contributed by atoms with van der Waals surface area (Å²) in [6.07, 6.45) is 3.62. The van der Waals surface area contributed by atoms with E-state index in [2.05, 4.69) is 49.3 Å². The molecule has 1 aromatic rings. The lowest BCUT2D eigenvalue weighted by molar-refractivity contribution is 0.150. The lowest BCUT2D eigenvalue weighted by Gasteiger charge is -2.40. The molecule has 0 fully saturated rings. The predicted octanol–water partition coefficient (Wildman–Crippen LogP) is 3.00. The standard InChI is InChI=1S/C17H28N2O/c1-5-11-19(6-2)16-10-8-13-7-9-14(20-4)12-15(13)17(16)18-3/h7,9,12,16-18H,5-6,8,10-11H2,1-4H3. The summed E-state index contributed by atoms with van der Waals surface area (Å²) in [5.41, 5.74) is 2.88. The number of benzene rings is 1. The Morgan fingerprint density at radius 2 is 2.15 bits per heavy atom. The lowest BCUT2D eigenvalue weighted by Crippen LogP contribution is -2.46. The first-order valence-electron chi connectivity index (χ1n) is 7.83. The summed E-state index contributed by atoms with van der Waals surface area (Å²) < 4.78 is 5.40. The molecule has 0 bridgehead atoms. The van der Waals surface area contributed by atoms with Gasteiger partial charge >= 0.3 is 0 Å². The molecule has 0 radical (unpaired) electrons. The normalized spacial score (nSPS) is 21.9. The molecule has 3 nitrogen and oxygen atoms in total. The van der Waals surface area contributed by atoms with Crippen LogP contribution < -0.4 is 10.1 Å². The quantitative estimate of drug-likeness (QED) is 0.864. The third-order valence-electron chi connectivity index (χ3n) is 4.48. The zero-order valence-corrected chi connectivity index (χ0v) is 13.3. The fourth-order valence-electron chi connectivity index (χ4n) is 3.48. The molecule has 0 heterocycles. The Kier molecular flexibility index (Phi) is 5.44. The van der Waals surface area contributed by atoms with Gasteiger partial charge in [-0.1, -0.05) is 19.9 Å². The number of fused-ring (bicyclic) bond motifs is 1. The van der Waals surface area contributed by atoms with Gasteiger partial charge in [0.05, 0.1) is 7.11 Å². The Hall–Kier alpha value is -1.06. The van der Waals surface area contributed by atoms with Crippen molar-refractivity contribution in [1.82, 2.24) is 10.2 Å². The van der Waals surface area contributed by atoms with Crippen molar-refractivity contribution in [3.8, 4) is 5.75 Å². The van der Waals surface area contributed by atoms with Gasteiger partial charge in [-0.2, -0.15) is 0 Å². The molecule has 0 saturated carbocycles. The summed E-state index contributed by atoms with van der Waals surface area (Å²) in [6, 6.07) is 7.51. The Balaban J connectivity index is 2.30. The van der Waals surface area contributed by atoms with Crippen LogP contribution in [0.15, 0.2) is 18.2 Å². The average Bonchev–Trinajstić information content (AvgIpc) is 2.50. The molecule has 1 aliphatic rings. The van der Waals surface area contributed by atoms with Crippen LogP contribution in [0.1, 0.15) is 43.9 Å². The highest BCUT2D eigenvalue weighted by molar-refractivity contribution is 5.40. The third-order valence-corrected chi connectivity index (χ3v) is 4.48. The van der Waals surface area contributed by atoms with E-state index in [1.165, 1.54) is 36.9 Å². The van der Waals surface area contributed by atoms with E-state index in [1.807, 2.05) is 0 Å². The van der Waals surface area contributed by atoms with E-state index in [9.17, 15) is 0 Å². The maximum absolute atomic E-state index is 5.40. The summed E-state index contributed by atoms with van der Waals surface area (Å²) in [5.74, 6) is 0.961. The van der Waals surface area contributed by atoms with Crippen molar-refractivity contribution < 1.29 is 4.74 Å². The summed E-state index contributed by atoms with van der Waals surface area (Å²) in [5, 5.41) is 3.54. The largest absolute Gasteiger partial charge is 0.497 e. The minimum absolute atomic E-state index is 0.403. The Morgan fingerprint density at radius 1 is 1.35 bits per heavy atom. The fraction of sp³-hybridized carbons (Fsp3) is 0.647. The van der Waals surface area contributed by atoms with E-state index in [0.717, 1.165) is 12.3 Å². The van der Waals surface area contributed by atoms with Crippen LogP contribution in [0.2, 0.25) is 0 Å². The summed E-state index contributed by atoms with van der Waals surface area (Å²) in [4.78, 5) is 2.61. The Morgan fingerprint density at radius 3 is 2.75 bits per heavy atom. The van der Waals surface area contributed by atoms with Gasteiger partial charge in [0, 0.05) is 12.1 Å². The molecule has 0 spiro atoms. The number of aryl methyl sites for hydroxylation is 1. The number of methoxy groups -OCH3 is 1. The van der Waals surface area contributed by atoms with Crippen molar-refractivity contribution in [3.05, 3.63) is 29.3 Å². The molecule has 1 aromatic carbocycles. The van der Waals surface area contributed by atoms with Crippen LogP contribution in [0.3, 0.4) is 0 Å². The van der Waals surface area contributed by atoms with Crippen LogP contribution in [0.25, 0.3) is 0 Å². The number of likely N-dealkylation sites (N-methyl/N-ethyl adjacent to an activating group) is 2.